The highest BCUT2D eigenvalue weighted by Gasteiger charge is 2.24. The fourth-order valence-electron chi connectivity index (χ4n) is 5.62. The summed E-state index contributed by atoms with van der Waals surface area (Å²) in [6.45, 7) is 3.80. The highest BCUT2D eigenvalue weighted by Crippen LogP contribution is 2.33. The van der Waals surface area contributed by atoms with E-state index in [1.165, 1.54) is 6.07 Å². The number of hydrogen-bond donors (Lipinski definition) is 2. The van der Waals surface area contributed by atoms with Gasteiger partial charge in [0.05, 0.1) is 21.5 Å². The number of aliphatic hydroxyl groups is 1. The quantitative estimate of drug-likeness (QED) is 0.107. The van der Waals surface area contributed by atoms with Crippen LogP contribution >= 0.6 is 11.6 Å². The van der Waals surface area contributed by atoms with Crippen molar-refractivity contribution in [3.8, 4) is 5.75 Å². The summed E-state index contributed by atoms with van der Waals surface area (Å²) in [5, 5.41) is 11.3. The molecule has 3 N–H and O–H groups in total. The Morgan fingerprint density at radius 2 is 1.55 bits per heavy atom. The number of halogens is 1. The topological polar surface area (TPSA) is 123 Å². The van der Waals surface area contributed by atoms with Crippen molar-refractivity contribution in [1.82, 2.24) is 9.88 Å². The molecule has 0 unspecified atom stereocenters. The summed E-state index contributed by atoms with van der Waals surface area (Å²) in [6, 6.07) is 32.6. The van der Waals surface area contributed by atoms with Crippen LogP contribution in [0.25, 0.3) is 0 Å². The second-order valence-corrected chi connectivity index (χ2v) is 14.2. The van der Waals surface area contributed by atoms with E-state index >= 15 is 0 Å². The zero-order valence-corrected chi connectivity index (χ0v) is 28.9. The first-order chi connectivity index (χ1) is 23.6. The van der Waals surface area contributed by atoms with E-state index in [1.807, 2.05) is 67.6 Å². The van der Waals surface area contributed by atoms with E-state index in [1.54, 1.807) is 48.7 Å². The normalized spacial score (nSPS) is 12.2. The minimum Gasteiger partial charge on any atom is -0.488 e. The molecule has 4 aromatic carbocycles. The lowest BCUT2D eigenvalue weighted by molar-refractivity contribution is 0.0995. The van der Waals surface area contributed by atoms with Crippen LogP contribution in [0.3, 0.4) is 0 Å². The van der Waals surface area contributed by atoms with E-state index in [9.17, 15) is 18.3 Å². The number of nitrogens with two attached hydrogens (primary N) is 1. The summed E-state index contributed by atoms with van der Waals surface area (Å²) in [5.41, 5.74) is 10.0. The Morgan fingerprint density at radius 3 is 2.16 bits per heavy atom. The molecule has 0 aliphatic heterocycles. The highest BCUT2D eigenvalue weighted by molar-refractivity contribution is 7.91. The van der Waals surface area contributed by atoms with Crippen molar-refractivity contribution in [3.05, 3.63) is 154 Å². The van der Waals surface area contributed by atoms with Crippen LogP contribution in [0.2, 0.25) is 5.15 Å². The molecule has 8 nitrogen and oxygen atoms in total. The van der Waals surface area contributed by atoms with Crippen LogP contribution in [0.5, 0.6) is 5.75 Å². The molecular weight excluding hydrogens is 658 g/mol. The highest BCUT2D eigenvalue weighted by atomic mass is 35.5. The van der Waals surface area contributed by atoms with Gasteiger partial charge < -0.3 is 15.6 Å². The van der Waals surface area contributed by atoms with E-state index in [0.29, 0.717) is 60.9 Å². The first-order valence-corrected chi connectivity index (χ1v) is 18.0. The Hall–Kier alpha value is -4.54. The molecule has 10 heteroatoms. The number of primary amides is 1. The van der Waals surface area contributed by atoms with Crippen molar-refractivity contribution >= 4 is 27.3 Å². The van der Waals surface area contributed by atoms with Gasteiger partial charge in [-0.2, -0.15) is 0 Å². The molecule has 49 heavy (non-hydrogen) atoms. The third-order valence-electron chi connectivity index (χ3n) is 8.23. The number of ether oxygens (including phenoxy) is 1. The predicted octanol–water partition coefficient (Wildman–Crippen LogP) is 6.98. The number of hydrogen-bond acceptors (Lipinski definition) is 7. The number of sulfone groups is 1. The van der Waals surface area contributed by atoms with Gasteiger partial charge in [0.1, 0.15) is 17.5 Å². The van der Waals surface area contributed by atoms with Crippen molar-refractivity contribution < 1.29 is 23.1 Å². The minimum absolute atomic E-state index is 0.00993. The maximum atomic E-state index is 13.9. The van der Waals surface area contributed by atoms with E-state index in [0.717, 1.165) is 16.7 Å². The zero-order valence-electron chi connectivity index (χ0n) is 27.3. The molecule has 1 heterocycles. The van der Waals surface area contributed by atoms with Gasteiger partial charge in [-0.3, -0.25) is 9.69 Å². The van der Waals surface area contributed by atoms with Gasteiger partial charge in [0.2, 0.25) is 9.84 Å². The van der Waals surface area contributed by atoms with Crippen LogP contribution in [0.15, 0.2) is 125 Å². The van der Waals surface area contributed by atoms with Crippen LogP contribution in [0.1, 0.15) is 57.6 Å². The third-order valence-corrected chi connectivity index (χ3v) is 10.2. The maximum Gasteiger partial charge on any atom is 0.252 e. The summed E-state index contributed by atoms with van der Waals surface area (Å²) >= 11 is 5.93. The standard InChI is InChI=1S/C39H40ClN3O5S/c1-2-9-31-22-34(23-35(39(41)45)38(31)48-27-30-12-7-4-8-13-30)49(46,47)33-17-14-28(15-18-33)20-21-43(25-29-10-5-3-6-11-29)26-36(44)32-16-19-37(40)42-24-32/h3-8,10-19,22-24,36,44H,2,9,20-21,25-27H2,1H3,(H2,41,45)/t36-/m1/s1. The molecule has 0 saturated carbocycles. The number of rotatable bonds is 16. The fraction of sp³-hybridized carbons (Fsp3) is 0.231. The smallest absolute Gasteiger partial charge is 0.252 e. The van der Waals surface area contributed by atoms with Crippen molar-refractivity contribution in [1.29, 1.82) is 0 Å². The summed E-state index contributed by atoms with van der Waals surface area (Å²) in [4.78, 5) is 18.9. The Kier molecular flexibility index (Phi) is 12.2. The first kappa shape index (κ1) is 35.8. The molecule has 1 aromatic heterocycles. The van der Waals surface area contributed by atoms with E-state index < -0.39 is 21.8 Å². The number of benzene rings is 4. The van der Waals surface area contributed by atoms with Gasteiger partial charge in [0, 0.05) is 31.4 Å². The maximum absolute atomic E-state index is 13.9. The number of nitrogens with zero attached hydrogens (tertiary/aromatic N) is 2. The summed E-state index contributed by atoms with van der Waals surface area (Å²) in [5.74, 6) is -0.449. The summed E-state index contributed by atoms with van der Waals surface area (Å²) < 4.78 is 33.8. The SMILES string of the molecule is CCCc1cc(S(=O)(=O)c2ccc(CCN(Cc3ccccc3)C[C@@H](O)c3ccc(Cl)nc3)cc2)cc(C(N)=O)c1OCc1ccccc1. The van der Waals surface area contributed by atoms with E-state index in [4.69, 9.17) is 22.1 Å². The molecule has 0 saturated heterocycles. The lowest BCUT2D eigenvalue weighted by Gasteiger charge is -2.25. The molecule has 0 aliphatic rings. The Labute approximate surface area is 293 Å². The average molecular weight is 698 g/mol. The molecule has 254 valence electrons. The third kappa shape index (κ3) is 9.55. The molecule has 1 amide bonds. The van der Waals surface area contributed by atoms with Crippen LogP contribution in [-0.4, -0.2) is 42.4 Å². The second kappa shape index (κ2) is 16.7. The molecule has 0 radical (unpaired) electrons. The van der Waals surface area contributed by atoms with Gasteiger partial charge in [-0.15, -0.1) is 0 Å². The molecule has 1 atom stereocenters. The molecule has 0 fully saturated rings. The number of aryl methyl sites for hydroxylation is 1. The zero-order chi connectivity index (χ0) is 34.8. The van der Waals surface area contributed by atoms with Crippen LogP contribution in [0.4, 0.5) is 0 Å². The fourth-order valence-corrected chi connectivity index (χ4v) is 7.07. The lowest BCUT2D eigenvalue weighted by Crippen LogP contribution is -2.30. The average Bonchev–Trinajstić information content (AvgIpc) is 3.11. The van der Waals surface area contributed by atoms with Gasteiger partial charge in [-0.05, 0) is 65.4 Å². The van der Waals surface area contributed by atoms with E-state index in [-0.39, 0.29) is 22.0 Å². The van der Waals surface area contributed by atoms with Crippen LogP contribution < -0.4 is 10.5 Å². The molecule has 5 aromatic rings. The minimum atomic E-state index is -3.98. The lowest BCUT2D eigenvalue weighted by atomic mass is 10.0. The predicted molar refractivity (Wildman–Crippen MR) is 191 cm³/mol. The number of carbonyl (C=O) groups excluding carboxylic acids is 1. The van der Waals surface area contributed by atoms with Crippen molar-refractivity contribution in [2.24, 2.45) is 5.73 Å². The molecule has 0 bridgehead atoms. The first-order valence-electron chi connectivity index (χ1n) is 16.2. The van der Waals surface area contributed by atoms with Gasteiger partial charge in [0.15, 0.2) is 0 Å². The van der Waals surface area contributed by atoms with Crippen molar-refractivity contribution in [2.75, 3.05) is 13.1 Å². The molecule has 0 spiro atoms. The van der Waals surface area contributed by atoms with Crippen LogP contribution in [0, 0.1) is 0 Å². The molecule has 5 rings (SSSR count). The molecular formula is C39H40ClN3O5S. The Bertz CT molecular complexity index is 1940. The number of amides is 1. The van der Waals surface area contributed by atoms with Crippen molar-refractivity contribution in [2.45, 2.75) is 55.2 Å². The Morgan fingerprint density at radius 1 is 0.878 bits per heavy atom. The second-order valence-electron chi connectivity index (χ2n) is 11.9. The Balaban J connectivity index is 1.33. The van der Waals surface area contributed by atoms with Gasteiger partial charge in [-0.1, -0.05) is 104 Å². The molecule has 0 aliphatic carbocycles. The van der Waals surface area contributed by atoms with Gasteiger partial charge in [0.25, 0.3) is 5.91 Å². The number of pyridine rings is 1. The largest absolute Gasteiger partial charge is 0.488 e. The summed E-state index contributed by atoms with van der Waals surface area (Å²) in [7, 11) is -3.98. The van der Waals surface area contributed by atoms with Crippen molar-refractivity contribution in [3.63, 3.8) is 0 Å². The number of aliphatic hydroxyl groups excluding tert-OH is 1. The van der Waals surface area contributed by atoms with E-state index in [2.05, 4.69) is 9.88 Å². The van der Waals surface area contributed by atoms with Crippen LogP contribution in [-0.2, 0) is 35.8 Å². The van der Waals surface area contributed by atoms with Gasteiger partial charge >= 0.3 is 0 Å². The monoisotopic (exact) mass is 697 g/mol. The van der Waals surface area contributed by atoms with Gasteiger partial charge in [-0.25, -0.2) is 13.4 Å². The number of carbonyl (C=O) groups is 1. The summed E-state index contributed by atoms with van der Waals surface area (Å²) in [6.07, 6.45) is 2.66. The number of aromatic nitrogens is 1.